The van der Waals surface area contributed by atoms with Crippen molar-refractivity contribution in [1.82, 2.24) is 4.57 Å². The molecule has 0 amide bonds. The van der Waals surface area contributed by atoms with Gasteiger partial charge in [0.05, 0.1) is 12.6 Å². The number of ether oxygens (including phenoxy) is 1. The van der Waals surface area contributed by atoms with Gasteiger partial charge in [-0.05, 0) is 30.7 Å². The number of aryl methyl sites for hydroxylation is 1. The largest absolute Gasteiger partial charge is 0.497 e. The van der Waals surface area contributed by atoms with Crippen molar-refractivity contribution in [1.29, 1.82) is 0 Å². The van der Waals surface area contributed by atoms with E-state index in [4.69, 9.17) is 4.74 Å². The number of benzene rings is 1. The van der Waals surface area contributed by atoms with Crippen LogP contribution in [-0.4, -0.2) is 17.6 Å². The van der Waals surface area contributed by atoms with Crippen molar-refractivity contribution in [2.24, 2.45) is 0 Å². The van der Waals surface area contributed by atoms with Crippen molar-refractivity contribution in [3.63, 3.8) is 0 Å². The number of carbonyl (C=O) groups excluding carboxylic acids is 1. The van der Waals surface area contributed by atoms with Gasteiger partial charge in [-0.15, -0.1) is 0 Å². The van der Waals surface area contributed by atoms with E-state index in [0.29, 0.717) is 0 Å². The van der Waals surface area contributed by atoms with Crippen molar-refractivity contribution >= 4 is 16.8 Å². The van der Waals surface area contributed by atoms with E-state index in [0.717, 1.165) is 22.2 Å². The van der Waals surface area contributed by atoms with E-state index in [1.807, 2.05) is 31.3 Å². The first-order valence-corrected chi connectivity index (χ1v) is 4.80. The zero-order valence-electron chi connectivity index (χ0n) is 9.07. The molecule has 3 heteroatoms. The van der Waals surface area contributed by atoms with E-state index in [9.17, 15) is 4.79 Å². The molecule has 1 aromatic heterocycles. The van der Waals surface area contributed by atoms with E-state index < -0.39 is 0 Å². The Hall–Kier alpha value is -1.77. The summed E-state index contributed by atoms with van der Waals surface area (Å²) in [6.07, 6.45) is 1.85. The third-order valence-electron chi connectivity index (χ3n) is 2.55. The minimum absolute atomic E-state index is 0.0262. The summed E-state index contributed by atoms with van der Waals surface area (Å²) >= 11 is 0. The van der Waals surface area contributed by atoms with Crippen molar-refractivity contribution in [3.05, 3.63) is 30.0 Å². The Bertz CT molecular complexity index is 526. The van der Waals surface area contributed by atoms with E-state index >= 15 is 0 Å². The summed E-state index contributed by atoms with van der Waals surface area (Å²) in [6.45, 7) is 3.55. The summed E-state index contributed by atoms with van der Waals surface area (Å²) in [5.41, 5.74) is 2.01. The van der Waals surface area contributed by atoms with Crippen LogP contribution in [0.25, 0.3) is 10.9 Å². The lowest BCUT2D eigenvalue weighted by atomic mass is 10.2. The maximum absolute atomic E-state index is 11.4. The highest BCUT2D eigenvalue weighted by atomic mass is 16.5. The van der Waals surface area contributed by atoms with Crippen LogP contribution in [0, 0.1) is 6.92 Å². The molecule has 0 saturated carbocycles. The van der Waals surface area contributed by atoms with Gasteiger partial charge in [0.1, 0.15) is 5.75 Å². The Balaban J connectivity index is 2.75. The lowest BCUT2D eigenvalue weighted by Gasteiger charge is -2.01. The Morgan fingerprint density at radius 3 is 2.73 bits per heavy atom. The molecule has 0 aliphatic rings. The fraction of sp³-hybridized carbons (Fsp3) is 0.250. The first-order valence-electron chi connectivity index (χ1n) is 4.80. The molecular formula is C12H13NO2. The summed E-state index contributed by atoms with van der Waals surface area (Å²) in [5, 5.41) is 1.06. The molecule has 0 bridgehead atoms. The second kappa shape index (κ2) is 3.42. The molecule has 2 aromatic rings. The minimum Gasteiger partial charge on any atom is -0.497 e. The normalized spacial score (nSPS) is 10.6. The molecule has 78 valence electrons. The van der Waals surface area contributed by atoms with Gasteiger partial charge in [0.15, 0.2) is 0 Å². The van der Waals surface area contributed by atoms with Gasteiger partial charge in [0.2, 0.25) is 5.91 Å². The number of rotatable bonds is 1. The number of hydrogen-bond acceptors (Lipinski definition) is 2. The van der Waals surface area contributed by atoms with Crippen LogP contribution in [0.4, 0.5) is 0 Å². The standard InChI is InChI=1S/C12H13NO2/c1-8-7-13(9(2)14)12-5-4-10(15-3)6-11(8)12/h4-7H,1-3H3. The maximum atomic E-state index is 11.4. The molecule has 1 aromatic carbocycles. The van der Waals surface area contributed by atoms with Gasteiger partial charge in [0.25, 0.3) is 0 Å². The lowest BCUT2D eigenvalue weighted by molar-refractivity contribution is 0.0941. The fourth-order valence-electron chi connectivity index (χ4n) is 1.76. The molecule has 0 aliphatic heterocycles. The van der Waals surface area contributed by atoms with E-state index in [2.05, 4.69) is 0 Å². The monoisotopic (exact) mass is 203 g/mol. The molecule has 0 aliphatic carbocycles. The third kappa shape index (κ3) is 1.50. The second-order valence-corrected chi connectivity index (χ2v) is 3.58. The van der Waals surface area contributed by atoms with Gasteiger partial charge in [0, 0.05) is 18.5 Å². The van der Waals surface area contributed by atoms with Crippen LogP contribution < -0.4 is 4.74 Å². The molecule has 1 heterocycles. The zero-order valence-corrected chi connectivity index (χ0v) is 9.07. The van der Waals surface area contributed by atoms with Crippen LogP contribution >= 0.6 is 0 Å². The van der Waals surface area contributed by atoms with E-state index in [1.165, 1.54) is 0 Å². The van der Waals surface area contributed by atoms with Gasteiger partial charge >= 0.3 is 0 Å². The third-order valence-corrected chi connectivity index (χ3v) is 2.55. The molecule has 0 N–H and O–H groups in total. The van der Waals surface area contributed by atoms with Crippen LogP contribution in [0.5, 0.6) is 5.75 Å². The van der Waals surface area contributed by atoms with Crippen LogP contribution in [0.15, 0.2) is 24.4 Å². The summed E-state index contributed by atoms with van der Waals surface area (Å²) in [7, 11) is 1.64. The van der Waals surface area contributed by atoms with E-state index in [1.54, 1.807) is 18.6 Å². The quantitative estimate of drug-likeness (QED) is 0.713. The summed E-state index contributed by atoms with van der Waals surface area (Å²) < 4.78 is 6.81. The summed E-state index contributed by atoms with van der Waals surface area (Å²) in [5.74, 6) is 0.838. The van der Waals surface area contributed by atoms with E-state index in [-0.39, 0.29) is 5.91 Å². The van der Waals surface area contributed by atoms with Crippen molar-refractivity contribution < 1.29 is 9.53 Å². The Labute approximate surface area is 88.3 Å². The first kappa shape index (κ1) is 9.77. The lowest BCUT2D eigenvalue weighted by Crippen LogP contribution is -2.02. The molecule has 0 fully saturated rings. The zero-order chi connectivity index (χ0) is 11.0. The number of hydrogen-bond donors (Lipinski definition) is 0. The Morgan fingerprint density at radius 2 is 2.13 bits per heavy atom. The molecule has 0 saturated heterocycles. The second-order valence-electron chi connectivity index (χ2n) is 3.58. The predicted molar refractivity (Wildman–Crippen MR) is 59.5 cm³/mol. The highest BCUT2D eigenvalue weighted by molar-refractivity contribution is 5.94. The van der Waals surface area contributed by atoms with Gasteiger partial charge in [-0.3, -0.25) is 9.36 Å². The minimum atomic E-state index is 0.0262. The molecule has 0 atom stereocenters. The summed E-state index contributed by atoms with van der Waals surface area (Å²) in [6, 6.07) is 5.72. The average molecular weight is 203 g/mol. The number of aromatic nitrogens is 1. The molecule has 0 radical (unpaired) electrons. The predicted octanol–water partition coefficient (Wildman–Crippen LogP) is 2.62. The SMILES string of the molecule is COc1ccc2c(c1)c(C)cn2C(C)=O. The topological polar surface area (TPSA) is 31.2 Å². The average Bonchev–Trinajstić information content (AvgIpc) is 2.56. The molecule has 3 nitrogen and oxygen atoms in total. The number of fused-ring (bicyclic) bond motifs is 1. The number of nitrogens with zero attached hydrogens (tertiary/aromatic N) is 1. The molecular weight excluding hydrogens is 190 g/mol. The van der Waals surface area contributed by atoms with Crippen LogP contribution in [0.1, 0.15) is 17.3 Å². The highest BCUT2D eigenvalue weighted by Crippen LogP contribution is 2.25. The smallest absolute Gasteiger partial charge is 0.227 e. The Kier molecular flexibility index (Phi) is 2.23. The van der Waals surface area contributed by atoms with Gasteiger partial charge in [-0.25, -0.2) is 0 Å². The number of carbonyl (C=O) groups is 1. The van der Waals surface area contributed by atoms with Gasteiger partial charge in [-0.1, -0.05) is 0 Å². The first-order chi connectivity index (χ1) is 7.13. The fourth-order valence-corrected chi connectivity index (χ4v) is 1.76. The molecule has 0 spiro atoms. The van der Waals surface area contributed by atoms with Crippen molar-refractivity contribution in [2.45, 2.75) is 13.8 Å². The molecule has 15 heavy (non-hydrogen) atoms. The molecule has 2 rings (SSSR count). The molecule has 0 unspecified atom stereocenters. The van der Waals surface area contributed by atoms with Crippen molar-refractivity contribution in [3.8, 4) is 5.75 Å². The highest BCUT2D eigenvalue weighted by Gasteiger charge is 2.08. The summed E-state index contributed by atoms with van der Waals surface area (Å²) in [4.78, 5) is 11.4. The van der Waals surface area contributed by atoms with Gasteiger partial charge < -0.3 is 4.74 Å². The maximum Gasteiger partial charge on any atom is 0.227 e. The Morgan fingerprint density at radius 1 is 1.40 bits per heavy atom. The number of methoxy groups -OCH3 is 1. The van der Waals surface area contributed by atoms with Crippen LogP contribution in [0.2, 0.25) is 0 Å². The van der Waals surface area contributed by atoms with Gasteiger partial charge in [-0.2, -0.15) is 0 Å². The van der Waals surface area contributed by atoms with Crippen LogP contribution in [-0.2, 0) is 0 Å². The van der Waals surface area contributed by atoms with Crippen molar-refractivity contribution in [2.75, 3.05) is 7.11 Å². The van der Waals surface area contributed by atoms with Crippen LogP contribution in [0.3, 0.4) is 0 Å².